The lowest BCUT2D eigenvalue weighted by Crippen LogP contribution is -2.32. The number of halogens is 1. The number of nitrogens with zero attached hydrogens (tertiary/aromatic N) is 2. The molecule has 2 rings (SSSR count). The van der Waals surface area contributed by atoms with Crippen molar-refractivity contribution in [3.63, 3.8) is 0 Å². The SMILES string of the molecule is Cl.N[C@H]1CCN(C(=O)Cc2cccnc2)C1. The molecule has 0 aromatic carbocycles. The molecule has 2 heterocycles. The Morgan fingerprint density at radius 1 is 1.62 bits per heavy atom. The molecule has 1 aromatic heterocycles. The van der Waals surface area contributed by atoms with Crippen molar-refractivity contribution in [1.29, 1.82) is 0 Å². The second-order valence-corrected chi connectivity index (χ2v) is 3.93. The highest BCUT2D eigenvalue weighted by Gasteiger charge is 2.23. The fourth-order valence-electron chi connectivity index (χ4n) is 1.80. The molecular formula is C11H16ClN3O. The van der Waals surface area contributed by atoms with E-state index in [0.717, 1.165) is 18.5 Å². The van der Waals surface area contributed by atoms with Crippen molar-refractivity contribution in [3.8, 4) is 0 Å². The number of hydrogen-bond acceptors (Lipinski definition) is 3. The molecule has 1 fully saturated rings. The first-order valence-electron chi connectivity index (χ1n) is 5.18. The number of likely N-dealkylation sites (tertiary alicyclic amines) is 1. The van der Waals surface area contributed by atoms with Gasteiger partial charge in [0.15, 0.2) is 0 Å². The molecule has 0 unspecified atom stereocenters. The van der Waals surface area contributed by atoms with Gasteiger partial charge >= 0.3 is 0 Å². The molecule has 1 aliphatic rings. The van der Waals surface area contributed by atoms with Crippen molar-refractivity contribution < 1.29 is 4.79 Å². The Hall–Kier alpha value is -1.13. The predicted molar refractivity (Wildman–Crippen MR) is 64.4 cm³/mol. The third-order valence-electron chi connectivity index (χ3n) is 2.66. The van der Waals surface area contributed by atoms with Crippen molar-refractivity contribution >= 4 is 18.3 Å². The minimum atomic E-state index is 0. The van der Waals surface area contributed by atoms with Crippen LogP contribution in [0.25, 0.3) is 0 Å². The van der Waals surface area contributed by atoms with E-state index in [-0.39, 0.29) is 24.4 Å². The average molecular weight is 242 g/mol. The normalized spacial score (nSPS) is 19.3. The summed E-state index contributed by atoms with van der Waals surface area (Å²) >= 11 is 0. The number of aromatic nitrogens is 1. The van der Waals surface area contributed by atoms with E-state index < -0.39 is 0 Å². The van der Waals surface area contributed by atoms with Crippen LogP contribution in [0.5, 0.6) is 0 Å². The summed E-state index contributed by atoms with van der Waals surface area (Å²) in [6.07, 6.45) is 4.78. The molecule has 0 aliphatic carbocycles. The molecule has 16 heavy (non-hydrogen) atoms. The van der Waals surface area contributed by atoms with Crippen LogP contribution in [-0.2, 0) is 11.2 Å². The van der Waals surface area contributed by atoms with Gasteiger partial charge in [0, 0.05) is 31.5 Å². The summed E-state index contributed by atoms with van der Waals surface area (Å²) < 4.78 is 0. The lowest BCUT2D eigenvalue weighted by atomic mass is 10.2. The van der Waals surface area contributed by atoms with Gasteiger partial charge in [0.25, 0.3) is 0 Å². The largest absolute Gasteiger partial charge is 0.341 e. The summed E-state index contributed by atoms with van der Waals surface area (Å²) in [6, 6.07) is 3.92. The van der Waals surface area contributed by atoms with Crippen LogP contribution < -0.4 is 5.73 Å². The fourth-order valence-corrected chi connectivity index (χ4v) is 1.80. The zero-order chi connectivity index (χ0) is 10.7. The minimum Gasteiger partial charge on any atom is -0.341 e. The quantitative estimate of drug-likeness (QED) is 0.825. The van der Waals surface area contributed by atoms with Crippen LogP contribution in [0.2, 0.25) is 0 Å². The van der Waals surface area contributed by atoms with Crippen molar-refractivity contribution in [3.05, 3.63) is 30.1 Å². The van der Waals surface area contributed by atoms with Gasteiger partial charge in [-0.3, -0.25) is 9.78 Å². The molecule has 1 saturated heterocycles. The number of amides is 1. The van der Waals surface area contributed by atoms with E-state index in [4.69, 9.17) is 5.73 Å². The third kappa shape index (κ3) is 3.18. The van der Waals surface area contributed by atoms with Crippen LogP contribution in [0, 0.1) is 0 Å². The molecular weight excluding hydrogens is 226 g/mol. The van der Waals surface area contributed by atoms with Gasteiger partial charge < -0.3 is 10.6 Å². The molecule has 5 heteroatoms. The van der Waals surface area contributed by atoms with E-state index in [1.54, 1.807) is 12.4 Å². The number of pyridine rings is 1. The minimum absolute atomic E-state index is 0. The van der Waals surface area contributed by atoms with Crippen molar-refractivity contribution in [1.82, 2.24) is 9.88 Å². The van der Waals surface area contributed by atoms with Crippen LogP contribution in [-0.4, -0.2) is 34.9 Å². The summed E-state index contributed by atoms with van der Waals surface area (Å²) in [5.74, 6) is 0.149. The van der Waals surface area contributed by atoms with E-state index in [9.17, 15) is 4.79 Å². The Bertz CT molecular complexity index is 344. The lowest BCUT2D eigenvalue weighted by molar-refractivity contribution is -0.129. The van der Waals surface area contributed by atoms with Crippen molar-refractivity contribution in [2.24, 2.45) is 5.73 Å². The summed E-state index contributed by atoms with van der Waals surface area (Å²) in [5.41, 5.74) is 6.71. The second-order valence-electron chi connectivity index (χ2n) is 3.93. The topological polar surface area (TPSA) is 59.2 Å². The first kappa shape index (κ1) is 12.9. The second kappa shape index (κ2) is 5.82. The van der Waals surface area contributed by atoms with Crippen LogP contribution >= 0.6 is 12.4 Å². The van der Waals surface area contributed by atoms with E-state index >= 15 is 0 Å². The fraction of sp³-hybridized carbons (Fsp3) is 0.455. The number of hydrogen-bond donors (Lipinski definition) is 1. The van der Waals surface area contributed by atoms with Gasteiger partial charge in [0.2, 0.25) is 5.91 Å². The Morgan fingerprint density at radius 2 is 2.44 bits per heavy atom. The molecule has 4 nitrogen and oxygen atoms in total. The maximum atomic E-state index is 11.8. The van der Waals surface area contributed by atoms with E-state index in [2.05, 4.69) is 4.98 Å². The summed E-state index contributed by atoms with van der Waals surface area (Å²) in [6.45, 7) is 1.49. The molecule has 1 aromatic rings. The summed E-state index contributed by atoms with van der Waals surface area (Å²) in [7, 11) is 0. The van der Waals surface area contributed by atoms with Gasteiger partial charge in [-0.25, -0.2) is 0 Å². The van der Waals surface area contributed by atoms with Gasteiger partial charge in [0.05, 0.1) is 6.42 Å². The molecule has 0 bridgehead atoms. The van der Waals surface area contributed by atoms with Crippen LogP contribution in [0.15, 0.2) is 24.5 Å². The lowest BCUT2D eigenvalue weighted by Gasteiger charge is -2.15. The van der Waals surface area contributed by atoms with E-state index in [1.807, 2.05) is 17.0 Å². The number of rotatable bonds is 2. The predicted octanol–water partition coefficient (Wildman–Crippen LogP) is 0.605. The van der Waals surface area contributed by atoms with Crippen molar-refractivity contribution in [2.75, 3.05) is 13.1 Å². The molecule has 88 valence electrons. The third-order valence-corrected chi connectivity index (χ3v) is 2.66. The Kier molecular flexibility index (Phi) is 4.71. The summed E-state index contributed by atoms with van der Waals surface area (Å²) in [4.78, 5) is 17.6. The zero-order valence-corrected chi connectivity index (χ0v) is 9.82. The van der Waals surface area contributed by atoms with Crippen LogP contribution in [0.3, 0.4) is 0 Å². The van der Waals surface area contributed by atoms with Gasteiger partial charge in [-0.1, -0.05) is 6.07 Å². The highest BCUT2D eigenvalue weighted by atomic mass is 35.5. The van der Waals surface area contributed by atoms with Crippen molar-refractivity contribution in [2.45, 2.75) is 18.9 Å². The molecule has 1 aliphatic heterocycles. The first-order valence-corrected chi connectivity index (χ1v) is 5.18. The number of nitrogens with two attached hydrogens (primary N) is 1. The monoisotopic (exact) mass is 241 g/mol. The van der Waals surface area contributed by atoms with Crippen LogP contribution in [0.4, 0.5) is 0 Å². The number of carbonyl (C=O) groups is 1. The maximum Gasteiger partial charge on any atom is 0.227 e. The van der Waals surface area contributed by atoms with Gasteiger partial charge in [0.1, 0.15) is 0 Å². The summed E-state index contributed by atoms with van der Waals surface area (Å²) in [5, 5.41) is 0. The Morgan fingerprint density at radius 3 is 3.00 bits per heavy atom. The zero-order valence-electron chi connectivity index (χ0n) is 9.00. The Balaban J connectivity index is 0.00000128. The molecule has 1 atom stereocenters. The van der Waals surface area contributed by atoms with Gasteiger partial charge in [-0.2, -0.15) is 0 Å². The Labute approximate surface area is 101 Å². The molecule has 0 radical (unpaired) electrons. The van der Waals surface area contributed by atoms with E-state index in [1.165, 1.54) is 0 Å². The molecule has 0 saturated carbocycles. The van der Waals surface area contributed by atoms with Crippen LogP contribution in [0.1, 0.15) is 12.0 Å². The average Bonchev–Trinajstić information content (AvgIpc) is 2.66. The van der Waals surface area contributed by atoms with Gasteiger partial charge in [-0.05, 0) is 18.1 Å². The smallest absolute Gasteiger partial charge is 0.227 e. The molecule has 1 amide bonds. The van der Waals surface area contributed by atoms with Gasteiger partial charge in [-0.15, -0.1) is 12.4 Å². The highest BCUT2D eigenvalue weighted by Crippen LogP contribution is 2.09. The standard InChI is InChI=1S/C11H15N3O.ClH/c12-10-3-5-14(8-10)11(15)6-9-2-1-4-13-7-9;/h1-2,4,7,10H,3,5-6,8,12H2;1H/t10-;/m0./s1. The first-order chi connectivity index (χ1) is 7.25. The van der Waals surface area contributed by atoms with E-state index in [0.29, 0.717) is 13.0 Å². The molecule has 0 spiro atoms. The molecule has 2 N–H and O–H groups in total. The highest BCUT2D eigenvalue weighted by molar-refractivity contribution is 5.85. The maximum absolute atomic E-state index is 11.8. The number of carbonyl (C=O) groups excluding carboxylic acids is 1.